The summed E-state index contributed by atoms with van der Waals surface area (Å²) < 4.78 is 5.60. The largest absolute Gasteiger partial charge is 0.478 e. The van der Waals surface area contributed by atoms with Crippen molar-refractivity contribution in [3.63, 3.8) is 0 Å². The van der Waals surface area contributed by atoms with Gasteiger partial charge >= 0.3 is 5.97 Å². The number of unbranched alkanes of at least 4 members (excludes halogenated alkanes) is 3. The molecule has 6 heteroatoms. The SMILES string of the molecule is CCCCC/C=C/C1=C(CO)[C@H](O)[C@@H]2O[C@]2(C/C=C(\C)C(=O)O)[C@H]1O. The lowest BCUT2D eigenvalue weighted by atomic mass is 9.77. The average Bonchev–Trinajstić information content (AvgIpc) is 3.33. The number of aliphatic hydroxyl groups excluding tert-OH is 3. The Bertz CT molecular complexity index is 591. The Hall–Kier alpha value is -1.47. The van der Waals surface area contributed by atoms with E-state index in [9.17, 15) is 20.1 Å². The number of fused-ring (bicyclic) bond motifs is 1. The first-order chi connectivity index (χ1) is 11.9. The highest BCUT2D eigenvalue weighted by molar-refractivity contribution is 5.85. The van der Waals surface area contributed by atoms with E-state index >= 15 is 0 Å². The van der Waals surface area contributed by atoms with Crippen molar-refractivity contribution < 1.29 is 30.0 Å². The molecular weight excluding hydrogens is 324 g/mol. The van der Waals surface area contributed by atoms with E-state index in [2.05, 4.69) is 6.92 Å². The Morgan fingerprint density at radius 1 is 1.32 bits per heavy atom. The monoisotopic (exact) mass is 352 g/mol. The maximum Gasteiger partial charge on any atom is 0.330 e. The molecule has 1 aliphatic carbocycles. The standard InChI is InChI=1S/C19H28O6/c1-3-4-5-6-7-8-13-14(11-20)15(21)17-19(25-17,16(13)22)10-9-12(2)18(23)24/h7-9,15-17,20-22H,3-6,10-11H2,1-2H3,(H,23,24)/b8-7+,12-9+/t15-,16-,17-,19+/m0/s1. The second kappa shape index (κ2) is 8.27. The van der Waals surface area contributed by atoms with Crippen LogP contribution in [-0.2, 0) is 9.53 Å². The predicted molar refractivity (Wildman–Crippen MR) is 93.0 cm³/mol. The summed E-state index contributed by atoms with van der Waals surface area (Å²) in [5, 5.41) is 39.8. The zero-order valence-corrected chi connectivity index (χ0v) is 14.8. The van der Waals surface area contributed by atoms with Crippen LogP contribution >= 0.6 is 0 Å². The summed E-state index contributed by atoms with van der Waals surface area (Å²) in [6.45, 7) is 3.25. The summed E-state index contributed by atoms with van der Waals surface area (Å²) in [6, 6.07) is 0. The molecule has 1 aliphatic heterocycles. The Morgan fingerprint density at radius 3 is 2.64 bits per heavy atom. The zero-order valence-electron chi connectivity index (χ0n) is 14.8. The lowest BCUT2D eigenvalue weighted by Crippen LogP contribution is -2.43. The highest BCUT2D eigenvalue weighted by atomic mass is 16.6. The van der Waals surface area contributed by atoms with E-state index < -0.39 is 29.9 Å². The Kier molecular flexibility index (Phi) is 6.57. The Morgan fingerprint density at radius 2 is 2.04 bits per heavy atom. The van der Waals surface area contributed by atoms with Crippen LogP contribution in [0.1, 0.15) is 46.0 Å². The highest BCUT2D eigenvalue weighted by Crippen LogP contribution is 2.52. The minimum absolute atomic E-state index is 0.166. The topological polar surface area (TPSA) is 111 Å². The summed E-state index contributed by atoms with van der Waals surface area (Å²) in [7, 11) is 0. The third-order valence-corrected chi connectivity index (χ3v) is 5.05. The smallest absolute Gasteiger partial charge is 0.330 e. The molecule has 1 fully saturated rings. The molecule has 0 radical (unpaired) electrons. The van der Waals surface area contributed by atoms with Crippen molar-refractivity contribution in [1.29, 1.82) is 0 Å². The lowest BCUT2D eigenvalue weighted by Gasteiger charge is -2.29. The van der Waals surface area contributed by atoms with Gasteiger partial charge in [-0.1, -0.05) is 38.0 Å². The van der Waals surface area contributed by atoms with Gasteiger partial charge in [0, 0.05) is 12.0 Å². The highest BCUT2D eigenvalue weighted by Gasteiger charge is 2.67. The quantitative estimate of drug-likeness (QED) is 0.286. The number of hydrogen-bond donors (Lipinski definition) is 4. The number of aliphatic carboxylic acids is 1. The van der Waals surface area contributed by atoms with E-state index in [1.54, 1.807) is 6.08 Å². The molecule has 0 aromatic carbocycles. The van der Waals surface area contributed by atoms with Crippen LogP contribution in [0.25, 0.3) is 0 Å². The minimum atomic E-state index is -1.03. The number of rotatable bonds is 9. The van der Waals surface area contributed by atoms with Gasteiger partial charge in [0.2, 0.25) is 0 Å². The predicted octanol–water partition coefficient (Wildman–Crippen LogP) is 1.71. The molecule has 0 aromatic rings. The number of aliphatic hydroxyl groups is 3. The number of epoxide rings is 1. The van der Waals surface area contributed by atoms with Crippen LogP contribution in [0.3, 0.4) is 0 Å². The molecule has 25 heavy (non-hydrogen) atoms. The number of carbonyl (C=O) groups is 1. The second-order valence-electron chi connectivity index (χ2n) is 6.77. The third-order valence-electron chi connectivity index (χ3n) is 5.05. The first-order valence-corrected chi connectivity index (χ1v) is 8.83. The molecule has 140 valence electrons. The van der Waals surface area contributed by atoms with E-state index in [1.165, 1.54) is 13.0 Å². The summed E-state index contributed by atoms with van der Waals surface area (Å²) in [6.07, 6.45) is 6.89. The molecule has 0 saturated carbocycles. The third kappa shape index (κ3) is 4.03. The van der Waals surface area contributed by atoms with E-state index in [-0.39, 0.29) is 18.6 Å². The van der Waals surface area contributed by atoms with Gasteiger partial charge in [0.25, 0.3) is 0 Å². The Balaban J connectivity index is 2.19. The van der Waals surface area contributed by atoms with Crippen LogP contribution in [0.4, 0.5) is 0 Å². The Labute approximate surface area is 148 Å². The molecule has 4 N–H and O–H groups in total. The maximum atomic E-state index is 11.0. The zero-order chi connectivity index (χ0) is 18.6. The van der Waals surface area contributed by atoms with Gasteiger partial charge in [0.05, 0.1) is 6.61 Å². The van der Waals surface area contributed by atoms with Gasteiger partial charge in [-0.05, 0) is 30.9 Å². The molecule has 0 spiro atoms. The number of ether oxygens (including phenoxy) is 1. The van der Waals surface area contributed by atoms with Gasteiger partial charge in [-0.2, -0.15) is 0 Å². The first-order valence-electron chi connectivity index (χ1n) is 8.83. The molecule has 6 nitrogen and oxygen atoms in total. The van der Waals surface area contributed by atoms with E-state index in [4.69, 9.17) is 9.84 Å². The summed E-state index contributed by atoms with van der Waals surface area (Å²) in [5.74, 6) is -1.03. The van der Waals surface area contributed by atoms with Gasteiger partial charge in [-0.3, -0.25) is 0 Å². The molecular formula is C19H28O6. The fourth-order valence-electron chi connectivity index (χ4n) is 3.33. The van der Waals surface area contributed by atoms with Crippen molar-refractivity contribution in [1.82, 2.24) is 0 Å². The van der Waals surface area contributed by atoms with Crippen LogP contribution in [0, 0.1) is 0 Å². The van der Waals surface area contributed by atoms with Crippen molar-refractivity contribution in [3.8, 4) is 0 Å². The van der Waals surface area contributed by atoms with Gasteiger partial charge in [0.1, 0.15) is 23.9 Å². The van der Waals surface area contributed by atoms with Crippen LogP contribution in [0.2, 0.25) is 0 Å². The summed E-state index contributed by atoms with van der Waals surface area (Å²) >= 11 is 0. The van der Waals surface area contributed by atoms with Gasteiger partial charge in [-0.25, -0.2) is 4.79 Å². The van der Waals surface area contributed by atoms with Gasteiger partial charge < -0.3 is 25.2 Å². The number of carboxylic acid groups (broad SMARTS) is 1. The van der Waals surface area contributed by atoms with Crippen molar-refractivity contribution in [3.05, 3.63) is 34.9 Å². The van der Waals surface area contributed by atoms with Gasteiger partial charge in [0.15, 0.2) is 0 Å². The fraction of sp³-hybridized carbons (Fsp3) is 0.632. The van der Waals surface area contributed by atoms with Crippen molar-refractivity contribution in [2.45, 2.75) is 69.9 Å². The van der Waals surface area contributed by atoms with E-state index in [1.807, 2.05) is 6.08 Å². The summed E-state index contributed by atoms with van der Waals surface area (Å²) in [4.78, 5) is 11.0. The normalized spacial score (nSPS) is 32.2. The minimum Gasteiger partial charge on any atom is -0.478 e. The number of allylic oxidation sites excluding steroid dienone is 1. The first kappa shape index (κ1) is 19.8. The van der Waals surface area contributed by atoms with Crippen LogP contribution in [0.15, 0.2) is 34.9 Å². The van der Waals surface area contributed by atoms with Crippen molar-refractivity contribution in [2.24, 2.45) is 0 Å². The molecule has 0 unspecified atom stereocenters. The van der Waals surface area contributed by atoms with Gasteiger partial charge in [-0.15, -0.1) is 0 Å². The van der Waals surface area contributed by atoms with Crippen LogP contribution in [0.5, 0.6) is 0 Å². The van der Waals surface area contributed by atoms with Crippen LogP contribution < -0.4 is 0 Å². The van der Waals surface area contributed by atoms with Crippen molar-refractivity contribution >= 4 is 5.97 Å². The number of hydrogen-bond acceptors (Lipinski definition) is 5. The molecule has 0 amide bonds. The molecule has 0 bridgehead atoms. The van der Waals surface area contributed by atoms with E-state index in [0.29, 0.717) is 11.1 Å². The fourth-order valence-corrected chi connectivity index (χ4v) is 3.33. The molecule has 2 rings (SSSR count). The molecule has 2 aliphatic rings. The van der Waals surface area contributed by atoms with Crippen molar-refractivity contribution in [2.75, 3.05) is 6.61 Å². The number of carboxylic acids is 1. The molecule has 0 aromatic heterocycles. The lowest BCUT2D eigenvalue weighted by molar-refractivity contribution is -0.132. The summed E-state index contributed by atoms with van der Waals surface area (Å²) in [5.41, 5.74) is -0.00502. The maximum absolute atomic E-state index is 11.0. The van der Waals surface area contributed by atoms with E-state index in [0.717, 1.165) is 25.7 Å². The molecule has 1 heterocycles. The van der Waals surface area contributed by atoms with Crippen LogP contribution in [-0.4, -0.2) is 56.9 Å². The molecule has 1 saturated heterocycles. The molecule has 4 atom stereocenters. The second-order valence-corrected chi connectivity index (χ2v) is 6.77. The average molecular weight is 352 g/mol.